The van der Waals surface area contributed by atoms with Gasteiger partial charge in [0.25, 0.3) is 0 Å². The summed E-state index contributed by atoms with van der Waals surface area (Å²) in [5.74, 6) is 0.511. The van der Waals surface area contributed by atoms with E-state index in [0.717, 1.165) is 36.8 Å². The minimum Gasteiger partial charge on any atom is -0.325 e. The molecule has 0 spiro atoms. The largest absolute Gasteiger partial charge is 0.325 e. The third-order valence-corrected chi connectivity index (χ3v) is 4.87. The van der Waals surface area contributed by atoms with Crippen LogP contribution in [0.2, 0.25) is 5.02 Å². The normalized spacial score (nSPS) is 14.2. The summed E-state index contributed by atoms with van der Waals surface area (Å²) in [6.45, 7) is 0.903. The number of fused-ring (bicyclic) bond motifs is 1. The van der Waals surface area contributed by atoms with Crippen LogP contribution in [-0.2, 0) is 17.8 Å². The van der Waals surface area contributed by atoms with E-state index in [0.29, 0.717) is 5.69 Å². The van der Waals surface area contributed by atoms with Gasteiger partial charge in [0.15, 0.2) is 5.16 Å². The molecule has 1 amide bonds. The number of carbonyl (C=O) groups is 1. The maximum Gasteiger partial charge on any atom is 0.234 e. The van der Waals surface area contributed by atoms with Gasteiger partial charge in [-0.1, -0.05) is 29.8 Å². The third kappa shape index (κ3) is 4.03. The van der Waals surface area contributed by atoms with Crippen LogP contribution in [0.3, 0.4) is 0 Å². The van der Waals surface area contributed by atoms with Crippen molar-refractivity contribution in [3.05, 3.63) is 34.9 Å². The molecule has 0 aliphatic carbocycles. The van der Waals surface area contributed by atoms with Crippen molar-refractivity contribution in [2.75, 3.05) is 11.1 Å². The van der Waals surface area contributed by atoms with Gasteiger partial charge in [0, 0.05) is 18.7 Å². The first-order valence-corrected chi connectivity index (χ1v) is 8.79. The molecule has 0 saturated heterocycles. The van der Waals surface area contributed by atoms with Crippen molar-refractivity contribution in [2.24, 2.45) is 0 Å². The van der Waals surface area contributed by atoms with E-state index < -0.39 is 5.82 Å². The minimum absolute atomic E-state index is 0.0155. The summed E-state index contributed by atoms with van der Waals surface area (Å²) >= 11 is 7.05. The highest BCUT2D eigenvalue weighted by Crippen LogP contribution is 2.23. The average Bonchev–Trinajstić information content (AvgIpc) is 2.76. The van der Waals surface area contributed by atoms with Crippen LogP contribution >= 0.6 is 23.4 Å². The maximum absolute atomic E-state index is 13.1. The number of halogens is 2. The van der Waals surface area contributed by atoms with Crippen LogP contribution in [0.1, 0.15) is 25.1 Å². The Bertz CT molecular complexity index is 721. The molecule has 23 heavy (non-hydrogen) atoms. The van der Waals surface area contributed by atoms with Gasteiger partial charge in [0.1, 0.15) is 11.6 Å². The highest BCUT2D eigenvalue weighted by atomic mass is 35.5. The van der Waals surface area contributed by atoms with Gasteiger partial charge in [0.05, 0.1) is 10.8 Å². The Labute approximate surface area is 142 Å². The summed E-state index contributed by atoms with van der Waals surface area (Å²) in [4.78, 5) is 12.0. The monoisotopic (exact) mass is 354 g/mol. The lowest BCUT2D eigenvalue weighted by Crippen LogP contribution is -2.14. The van der Waals surface area contributed by atoms with Crippen molar-refractivity contribution in [3.63, 3.8) is 0 Å². The van der Waals surface area contributed by atoms with Crippen molar-refractivity contribution < 1.29 is 9.18 Å². The van der Waals surface area contributed by atoms with Gasteiger partial charge in [-0.2, -0.15) is 0 Å². The quantitative estimate of drug-likeness (QED) is 0.853. The van der Waals surface area contributed by atoms with Crippen molar-refractivity contribution in [1.82, 2.24) is 14.8 Å². The van der Waals surface area contributed by atoms with Crippen LogP contribution in [0, 0.1) is 5.82 Å². The van der Waals surface area contributed by atoms with Gasteiger partial charge >= 0.3 is 0 Å². The molecule has 0 fully saturated rings. The first kappa shape index (κ1) is 16.3. The van der Waals surface area contributed by atoms with Crippen molar-refractivity contribution in [1.29, 1.82) is 0 Å². The van der Waals surface area contributed by atoms with Gasteiger partial charge < -0.3 is 9.88 Å². The van der Waals surface area contributed by atoms with Crippen LogP contribution in [0.15, 0.2) is 23.4 Å². The number of nitrogens with one attached hydrogen (secondary N) is 1. The fraction of sp³-hybridized carbons (Fsp3) is 0.400. The second-order valence-electron chi connectivity index (χ2n) is 5.33. The molecule has 2 heterocycles. The number of aryl methyl sites for hydroxylation is 1. The molecule has 3 rings (SSSR count). The zero-order valence-electron chi connectivity index (χ0n) is 12.4. The van der Waals surface area contributed by atoms with Gasteiger partial charge in [-0.3, -0.25) is 4.79 Å². The van der Waals surface area contributed by atoms with E-state index in [-0.39, 0.29) is 16.7 Å². The third-order valence-electron chi connectivity index (χ3n) is 3.61. The fourth-order valence-electron chi connectivity index (χ4n) is 2.47. The number of rotatable bonds is 4. The summed E-state index contributed by atoms with van der Waals surface area (Å²) < 4.78 is 15.2. The summed E-state index contributed by atoms with van der Waals surface area (Å²) in [5.41, 5.74) is 0.474. The number of amides is 1. The second kappa shape index (κ2) is 7.31. The fourth-order valence-corrected chi connectivity index (χ4v) is 3.43. The van der Waals surface area contributed by atoms with Crippen molar-refractivity contribution >= 4 is 35.0 Å². The summed E-state index contributed by atoms with van der Waals surface area (Å²) in [6, 6.07) is 4.10. The van der Waals surface area contributed by atoms with E-state index in [1.807, 2.05) is 0 Å². The summed E-state index contributed by atoms with van der Waals surface area (Å²) in [7, 11) is 0. The molecule has 1 aliphatic heterocycles. The van der Waals surface area contributed by atoms with E-state index in [4.69, 9.17) is 11.6 Å². The highest BCUT2D eigenvalue weighted by molar-refractivity contribution is 7.99. The maximum atomic E-state index is 13.1. The van der Waals surface area contributed by atoms with E-state index in [2.05, 4.69) is 20.1 Å². The zero-order chi connectivity index (χ0) is 16.2. The molecule has 0 radical (unpaired) electrons. The van der Waals surface area contributed by atoms with Crippen LogP contribution < -0.4 is 5.32 Å². The van der Waals surface area contributed by atoms with E-state index in [1.165, 1.54) is 36.4 Å². The van der Waals surface area contributed by atoms with Crippen LogP contribution in [0.5, 0.6) is 0 Å². The molecule has 0 bridgehead atoms. The standard InChI is InChI=1S/C15H16ClFN4OS/c16-11-8-10(5-6-12(11)17)18-14(22)9-23-15-20-19-13-4-2-1-3-7-21(13)15/h5-6,8H,1-4,7,9H2,(H,18,22). The lowest BCUT2D eigenvalue weighted by Gasteiger charge is -2.07. The minimum atomic E-state index is -0.509. The molecule has 0 atom stereocenters. The molecule has 2 aromatic rings. The molecule has 5 nitrogen and oxygen atoms in total. The number of carbonyl (C=O) groups excluding carboxylic acids is 1. The van der Waals surface area contributed by atoms with Gasteiger partial charge in [-0.05, 0) is 31.0 Å². The predicted octanol–water partition coefficient (Wildman–Crippen LogP) is 3.53. The second-order valence-corrected chi connectivity index (χ2v) is 6.68. The lowest BCUT2D eigenvalue weighted by molar-refractivity contribution is -0.113. The van der Waals surface area contributed by atoms with E-state index in [9.17, 15) is 9.18 Å². The molecule has 1 aromatic carbocycles. The summed E-state index contributed by atoms with van der Waals surface area (Å²) in [5, 5.41) is 11.8. The van der Waals surface area contributed by atoms with Crippen molar-refractivity contribution in [3.8, 4) is 0 Å². The first-order valence-electron chi connectivity index (χ1n) is 7.43. The van der Waals surface area contributed by atoms with Crippen LogP contribution in [0.4, 0.5) is 10.1 Å². The Kier molecular flexibility index (Phi) is 5.17. The van der Waals surface area contributed by atoms with Gasteiger partial charge in [-0.25, -0.2) is 4.39 Å². The zero-order valence-corrected chi connectivity index (χ0v) is 14.0. The Balaban J connectivity index is 1.59. The number of benzene rings is 1. The predicted molar refractivity (Wildman–Crippen MR) is 88.3 cm³/mol. The molecule has 0 unspecified atom stereocenters. The smallest absolute Gasteiger partial charge is 0.234 e. The number of hydrogen-bond acceptors (Lipinski definition) is 4. The molecule has 1 aliphatic rings. The van der Waals surface area contributed by atoms with Crippen molar-refractivity contribution in [2.45, 2.75) is 37.4 Å². The van der Waals surface area contributed by atoms with Crippen LogP contribution in [0.25, 0.3) is 0 Å². The average molecular weight is 355 g/mol. The molecule has 1 N–H and O–H groups in total. The number of thioether (sulfide) groups is 1. The molecule has 122 valence electrons. The number of hydrogen-bond donors (Lipinski definition) is 1. The number of anilines is 1. The Morgan fingerprint density at radius 3 is 3.04 bits per heavy atom. The van der Waals surface area contributed by atoms with Crippen LogP contribution in [-0.4, -0.2) is 26.4 Å². The molecule has 1 aromatic heterocycles. The molecular weight excluding hydrogens is 339 g/mol. The summed E-state index contributed by atoms with van der Waals surface area (Å²) in [6.07, 6.45) is 4.38. The van der Waals surface area contributed by atoms with Gasteiger partial charge in [0.2, 0.25) is 5.91 Å². The Hall–Kier alpha value is -1.60. The molecule has 0 saturated carbocycles. The Morgan fingerprint density at radius 2 is 2.22 bits per heavy atom. The lowest BCUT2D eigenvalue weighted by atomic mass is 10.2. The van der Waals surface area contributed by atoms with E-state index >= 15 is 0 Å². The number of nitrogens with zero attached hydrogens (tertiary/aromatic N) is 3. The Morgan fingerprint density at radius 1 is 1.35 bits per heavy atom. The highest BCUT2D eigenvalue weighted by Gasteiger charge is 2.16. The molecular formula is C15H16ClFN4OS. The topological polar surface area (TPSA) is 59.8 Å². The van der Waals surface area contributed by atoms with Gasteiger partial charge in [-0.15, -0.1) is 10.2 Å². The SMILES string of the molecule is O=C(CSc1nnc2n1CCCCC2)Nc1ccc(F)c(Cl)c1. The first-order chi connectivity index (χ1) is 11.1. The number of aromatic nitrogens is 3. The van der Waals surface area contributed by atoms with E-state index in [1.54, 1.807) is 0 Å². The molecule has 8 heteroatoms.